The molecule has 0 atom stereocenters. The standard InChI is InChI=1S/C21H24N4O3/c1-3-28-21(26)25-11-9-24(10-12-25)19-7-8-22-18-14-15(13-16(18)19)17-5-4-6-20(23-17)27-2/h4-8,13H,3,9-12,14H2,1-2H3. The average molecular weight is 380 g/mol. The molecule has 0 unspecified atom stereocenters. The Morgan fingerprint density at radius 2 is 2.00 bits per heavy atom. The summed E-state index contributed by atoms with van der Waals surface area (Å²) in [5, 5.41) is 0. The molecule has 1 aliphatic heterocycles. The van der Waals surface area contributed by atoms with Gasteiger partial charge in [-0.3, -0.25) is 4.98 Å². The summed E-state index contributed by atoms with van der Waals surface area (Å²) >= 11 is 0. The molecule has 0 bridgehead atoms. The first-order valence-corrected chi connectivity index (χ1v) is 9.56. The number of ether oxygens (including phenoxy) is 2. The highest BCUT2D eigenvalue weighted by Crippen LogP contribution is 2.36. The second-order valence-corrected chi connectivity index (χ2v) is 6.78. The molecule has 0 saturated carbocycles. The van der Waals surface area contributed by atoms with Crippen LogP contribution in [0.2, 0.25) is 0 Å². The maximum atomic E-state index is 11.9. The number of anilines is 1. The van der Waals surface area contributed by atoms with Crippen LogP contribution in [0.5, 0.6) is 5.88 Å². The lowest BCUT2D eigenvalue weighted by Crippen LogP contribution is -2.49. The number of nitrogens with zero attached hydrogens (tertiary/aromatic N) is 4. The van der Waals surface area contributed by atoms with Crippen molar-refractivity contribution in [3.8, 4) is 5.88 Å². The molecule has 1 saturated heterocycles. The predicted molar refractivity (Wildman–Crippen MR) is 107 cm³/mol. The number of piperazine rings is 1. The van der Waals surface area contributed by atoms with E-state index >= 15 is 0 Å². The first-order chi connectivity index (χ1) is 13.7. The molecule has 0 N–H and O–H groups in total. The summed E-state index contributed by atoms with van der Waals surface area (Å²) in [5.41, 5.74) is 5.41. The van der Waals surface area contributed by atoms with Crippen LogP contribution in [0.25, 0.3) is 11.6 Å². The summed E-state index contributed by atoms with van der Waals surface area (Å²) in [6, 6.07) is 7.85. The van der Waals surface area contributed by atoms with Crippen LogP contribution < -0.4 is 9.64 Å². The highest BCUT2D eigenvalue weighted by molar-refractivity contribution is 5.91. The molecule has 146 valence electrons. The van der Waals surface area contributed by atoms with E-state index in [-0.39, 0.29) is 6.09 Å². The lowest BCUT2D eigenvalue weighted by molar-refractivity contribution is 0.105. The van der Waals surface area contributed by atoms with E-state index in [1.165, 1.54) is 0 Å². The Labute approximate surface area is 164 Å². The fourth-order valence-electron chi connectivity index (χ4n) is 3.70. The van der Waals surface area contributed by atoms with E-state index < -0.39 is 0 Å². The number of aromatic nitrogens is 2. The number of hydrogen-bond donors (Lipinski definition) is 0. The van der Waals surface area contributed by atoms with E-state index in [1.54, 1.807) is 12.0 Å². The topological polar surface area (TPSA) is 67.8 Å². The third-order valence-electron chi connectivity index (χ3n) is 5.13. The van der Waals surface area contributed by atoms with Crippen LogP contribution in [0.3, 0.4) is 0 Å². The summed E-state index contributed by atoms with van der Waals surface area (Å²) in [4.78, 5) is 25.1. The molecule has 28 heavy (non-hydrogen) atoms. The Bertz CT molecular complexity index is 904. The SMILES string of the molecule is CCOC(=O)N1CCN(c2ccnc3c2C=C(c2cccc(OC)n2)C3)CC1. The first-order valence-electron chi connectivity index (χ1n) is 9.56. The Hall–Kier alpha value is -3.09. The second-order valence-electron chi connectivity index (χ2n) is 6.78. The van der Waals surface area contributed by atoms with Gasteiger partial charge in [0, 0.05) is 56.1 Å². The summed E-state index contributed by atoms with van der Waals surface area (Å²) in [6.45, 7) is 5.10. The van der Waals surface area contributed by atoms with Crippen LogP contribution in [-0.2, 0) is 11.2 Å². The van der Waals surface area contributed by atoms with Crippen molar-refractivity contribution < 1.29 is 14.3 Å². The second kappa shape index (κ2) is 7.88. The zero-order valence-corrected chi connectivity index (χ0v) is 16.2. The summed E-state index contributed by atoms with van der Waals surface area (Å²) in [5.74, 6) is 0.609. The maximum Gasteiger partial charge on any atom is 0.409 e. The van der Waals surface area contributed by atoms with Gasteiger partial charge in [0.15, 0.2) is 0 Å². The van der Waals surface area contributed by atoms with E-state index in [0.717, 1.165) is 47.7 Å². The monoisotopic (exact) mass is 380 g/mol. The number of carbonyl (C=O) groups is 1. The van der Waals surface area contributed by atoms with Crippen LogP contribution in [0.4, 0.5) is 10.5 Å². The molecule has 0 aromatic carbocycles. The van der Waals surface area contributed by atoms with E-state index in [9.17, 15) is 4.79 Å². The molecular formula is C21H24N4O3. The predicted octanol–water partition coefficient (Wildman–Crippen LogP) is 2.86. The van der Waals surface area contributed by atoms with Crippen molar-refractivity contribution in [1.82, 2.24) is 14.9 Å². The zero-order chi connectivity index (χ0) is 19.5. The summed E-state index contributed by atoms with van der Waals surface area (Å²) in [7, 11) is 1.62. The largest absolute Gasteiger partial charge is 0.481 e. The van der Waals surface area contributed by atoms with Crippen molar-refractivity contribution in [3.63, 3.8) is 0 Å². The van der Waals surface area contributed by atoms with Crippen molar-refractivity contribution in [2.24, 2.45) is 0 Å². The van der Waals surface area contributed by atoms with E-state index in [1.807, 2.05) is 31.3 Å². The minimum absolute atomic E-state index is 0.228. The Morgan fingerprint density at radius 1 is 1.18 bits per heavy atom. The number of fused-ring (bicyclic) bond motifs is 1. The maximum absolute atomic E-state index is 11.9. The Morgan fingerprint density at radius 3 is 2.75 bits per heavy atom. The number of carbonyl (C=O) groups excluding carboxylic acids is 1. The van der Waals surface area contributed by atoms with Gasteiger partial charge in [-0.05, 0) is 30.7 Å². The Balaban J connectivity index is 1.54. The molecule has 2 aromatic rings. The van der Waals surface area contributed by atoms with Crippen LogP contribution in [-0.4, -0.2) is 60.9 Å². The molecule has 1 fully saturated rings. The minimum atomic E-state index is -0.228. The molecule has 0 radical (unpaired) electrons. The highest BCUT2D eigenvalue weighted by Gasteiger charge is 2.26. The normalized spacial score (nSPS) is 15.9. The zero-order valence-electron chi connectivity index (χ0n) is 16.2. The van der Waals surface area contributed by atoms with Crippen molar-refractivity contribution >= 4 is 23.4 Å². The molecule has 3 heterocycles. The minimum Gasteiger partial charge on any atom is -0.481 e. The highest BCUT2D eigenvalue weighted by atomic mass is 16.6. The van der Waals surface area contributed by atoms with Crippen molar-refractivity contribution in [2.75, 3.05) is 44.8 Å². The van der Waals surface area contributed by atoms with Crippen LogP contribution in [0.1, 0.15) is 23.9 Å². The van der Waals surface area contributed by atoms with Crippen molar-refractivity contribution in [3.05, 3.63) is 47.4 Å². The number of allylic oxidation sites excluding steroid dienone is 1. The van der Waals surface area contributed by atoms with E-state index in [2.05, 4.69) is 27.0 Å². The van der Waals surface area contributed by atoms with Gasteiger partial charge < -0.3 is 19.3 Å². The average Bonchev–Trinajstić information content (AvgIpc) is 3.18. The number of pyridine rings is 2. The summed E-state index contributed by atoms with van der Waals surface area (Å²) in [6.07, 6.45) is 4.57. The van der Waals surface area contributed by atoms with Gasteiger partial charge in [0.1, 0.15) is 0 Å². The molecular weight excluding hydrogens is 356 g/mol. The Kier molecular flexibility index (Phi) is 5.14. The van der Waals surface area contributed by atoms with Crippen LogP contribution >= 0.6 is 0 Å². The smallest absolute Gasteiger partial charge is 0.409 e. The van der Waals surface area contributed by atoms with Gasteiger partial charge in [-0.15, -0.1) is 0 Å². The van der Waals surface area contributed by atoms with Gasteiger partial charge in [-0.2, -0.15) is 0 Å². The van der Waals surface area contributed by atoms with Gasteiger partial charge in [0.25, 0.3) is 0 Å². The third-order valence-corrected chi connectivity index (χ3v) is 5.13. The van der Waals surface area contributed by atoms with Crippen LogP contribution in [0.15, 0.2) is 30.5 Å². The van der Waals surface area contributed by atoms with Gasteiger partial charge in [0.2, 0.25) is 5.88 Å². The third kappa shape index (κ3) is 3.52. The van der Waals surface area contributed by atoms with Gasteiger partial charge in [0.05, 0.1) is 25.1 Å². The van der Waals surface area contributed by atoms with E-state index in [0.29, 0.717) is 25.6 Å². The number of amides is 1. The van der Waals surface area contributed by atoms with Gasteiger partial charge >= 0.3 is 6.09 Å². The van der Waals surface area contributed by atoms with Crippen molar-refractivity contribution in [2.45, 2.75) is 13.3 Å². The first kappa shape index (κ1) is 18.3. The number of rotatable bonds is 4. The molecule has 4 rings (SSSR count). The molecule has 1 amide bonds. The van der Waals surface area contributed by atoms with Gasteiger partial charge in [-0.1, -0.05) is 6.07 Å². The molecule has 7 nitrogen and oxygen atoms in total. The lowest BCUT2D eigenvalue weighted by atomic mass is 10.1. The van der Waals surface area contributed by atoms with E-state index in [4.69, 9.17) is 9.47 Å². The van der Waals surface area contributed by atoms with Crippen molar-refractivity contribution in [1.29, 1.82) is 0 Å². The quantitative estimate of drug-likeness (QED) is 0.813. The van der Waals surface area contributed by atoms with Crippen LogP contribution in [0, 0.1) is 0 Å². The number of hydrogen-bond acceptors (Lipinski definition) is 6. The molecule has 7 heteroatoms. The van der Waals surface area contributed by atoms with Gasteiger partial charge in [-0.25, -0.2) is 9.78 Å². The number of methoxy groups -OCH3 is 1. The fourth-order valence-corrected chi connectivity index (χ4v) is 3.70. The lowest BCUT2D eigenvalue weighted by Gasteiger charge is -2.36. The fraction of sp³-hybridized carbons (Fsp3) is 0.381. The molecule has 2 aliphatic rings. The molecule has 1 aliphatic carbocycles. The summed E-state index contributed by atoms with van der Waals surface area (Å²) < 4.78 is 10.4. The molecule has 2 aromatic heterocycles. The molecule has 0 spiro atoms.